The van der Waals surface area contributed by atoms with Crippen molar-refractivity contribution in [1.29, 1.82) is 0 Å². The molecule has 0 bridgehead atoms. The minimum absolute atomic E-state index is 0.121. The van der Waals surface area contributed by atoms with Crippen LogP contribution in [0, 0.1) is 5.92 Å². The monoisotopic (exact) mass is 282 g/mol. The van der Waals surface area contributed by atoms with Gasteiger partial charge in [-0.2, -0.15) is 0 Å². The van der Waals surface area contributed by atoms with Crippen LogP contribution >= 0.6 is 0 Å². The second-order valence-electron chi connectivity index (χ2n) is 6.15. The number of nitrogens with two attached hydrogens (primary N) is 1. The highest BCUT2D eigenvalue weighted by Crippen LogP contribution is 2.34. The van der Waals surface area contributed by atoms with Gasteiger partial charge in [0.1, 0.15) is 5.54 Å². The largest absolute Gasteiger partial charge is 0.409 e. The molecule has 0 unspecified atom stereocenters. The van der Waals surface area contributed by atoms with E-state index in [-0.39, 0.29) is 17.9 Å². The molecule has 0 saturated heterocycles. The highest BCUT2D eigenvalue weighted by molar-refractivity contribution is 5.93. The average Bonchev–Trinajstić information content (AvgIpc) is 2.42. The SMILES string of the molecule is CCC1CCC(NC(=O)NC2CCC2)(C(N)=NO)CC1. The van der Waals surface area contributed by atoms with Gasteiger partial charge in [0.25, 0.3) is 0 Å². The number of amidine groups is 1. The molecule has 0 aromatic heterocycles. The maximum Gasteiger partial charge on any atom is 0.315 e. The number of amides is 2. The maximum absolute atomic E-state index is 12.1. The van der Waals surface area contributed by atoms with Gasteiger partial charge in [0.05, 0.1) is 0 Å². The molecular formula is C14H26N4O2. The molecule has 2 aliphatic rings. The second kappa shape index (κ2) is 6.33. The summed E-state index contributed by atoms with van der Waals surface area (Å²) in [6.45, 7) is 2.18. The normalized spacial score (nSPS) is 31.4. The van der Waals surface area contributed by atoms with E-state index in [4.69, 9.17) is 10.9 Å². The van der Waals surface area contributed by atoms with Crippen LogP contribution in [0.4, 0.5) is 4.79 Å². The van der Waals surface area contributed by atoms with Crippen molar-refractivity contribution in [2.45, 2.75) is 69.9 Å². The van der Waals surface area contributed by atoms with Gasteiger partial charge in [-0.15, -0.1) is 0 Å². The Bertz CT molecular complexity index is 371. The van der Waals surface area contributed by atoms with E-state index in [1.54, 1.807) is 0 Å². The molecule has 6 heteroatoms. The Morgan fingerprint density at radius 3 is 2.45 bits per heavy atom. The zero-order chi connectivity index (χ0) is 14.6. The van der Waals surface area contributed by atoms with Gasteiger partial charge >= 0.3 is 6.03 Å². The van der Waals surface area contributed by atoms with E-state index in [2.05, 4.69) is 22.7 Å². The van der Waals surface area contributed by atoms with Gasteiger partial charge < -0.3 is 21.6 Å². The summed E-state index contributed by atoms with van der Waals surface area (Å²) >= 11 is 0. The molecule has 114 valence electrons. The molecule has 5 N–H and O–H groups in total. The fourth-order valence-electron chi connectivity index (χ4n) is 3.11. The van der Waals surface area contributed by atoms with Crippen LogP contribution in [0.1, 0.15) is 58.3 Å². The van der Waals surface area contributed by atoms with Gasteiger partial charge in [0.15, 0.2) is 5.84 Å². The summed E-state index contributed by atoms with van der Waals surface area (Å²) < 4.78 is 0. The first kappa shape index (κ1) is 14.9. The lowest BCUT2D eigenvalue weighted by Gasteiger charge is -2.40. The van der Waals surface area contributed by atoms with Crippen molar-refractivity contribution in [3.63, 3.8) is 0 Å². The van der Waals surface area contributed by atoms with Crippen molar-refractivity contribution in [3.05, 3.63) is 0 Å². The molecule has 2 aliphatic carbocycles. The van der Waals surface area contributed by atoms with Crippen LogP contribution in [0.25, 0.3) is 0 Å². The number of oxime groups is 1. The Hall–Kier alpha value is -1.46. The van der Waals surface area contributed by atoms with Gasteiger partial charge in [-0.1, -0.05) is 18.5 Å². The zero-order valence-electron chi connectivity index (χ0n) is 12.2. The lowest BCUT2D eigenvalue weighted by atomic mass is 9.75. The number of carbonyl (C=O) groups is 1. The van der Waals surface area contributed by atoms with E-state index < -0.39 is 5.54 Å². The van der Waals surface area contributed by atoms with Crippen LogP contribution in [0.3, 0.4) is 0 Å². The van der Waals surface area contributed by atoms with Crippen LogP contribution in [-0.2, 0) is 0 Å². The van der Waals surface area contributed by atoms with E-state index in [9.17, 15) is 4.79 Å². The maximum atomic E-state index is 12.1. The van der Waals surface area contributed by atoms with Crippen LogP contribution in [-0.4, -0.2) is 28.7 Å². The molecular weight excluding hydrogens is 256 g/mol. The summed E-state index contributed by atoms with van der Waals surface area (Å²) in [5, 5.41) is 18.1. The number of nitrogens with one attached hydrogen (secondary N) is 2. The third-order valence-corrected chi connectivity index (χ3v) is 4.93. The lowest BCUT2D eigenvalue weighted by molar-refractivity contribution is 0.200. The van der Waals surface area contributed by atoms with E-state index in [0.29, 0.717) is 5.92 Å². The highest BCUT2D eigenvalue weighted by atomic mass is 16.4. The quantitative estimate of drug-likeness (QED) is 0.274. The van der Waals surface area contributed by atoms with E-state index in [0.717, 1.165) is 44.9 Å². The van der Waals surface area contributed by atoms with Crippen LogP contribution in [0.15, 0.2) is 5.16 Å². The molecule has 0 atom stereocenters. The zero-order valence-corrected chi connectivity index (χ0v) is 12.2. The predicted molar refractivity (Wildman–Crippen MR) is 77.7 cm³/mol. The van der Waals surface area contributed by atoms with Crippen molar-refractivity contribution in [2.75, 3.05) is 0 Å². The average molecular weight is 282 g/mol. The summed E-state index contributed by atoms with van der Waals surface area (Å²) in [5.74, 6) is 0.793. The molecule has 6 nitrogen and oxygen atoms in total. The number of carbonyl (C=O) groups excluding carboxylic acids is 1. The molecule has 0 radical (unpaired) electrons. The third-order valence-electron chi connectivity index (χ3n) is 4.93. The first-order valence-corrected chi connectivity index (χ1v) is 7.66. The van der Waals surface area contributed by atoms with E-state index >= 15 is 0 Å². The molecule has 2 fully saturated rings. The smallest absolute Gasteiger partial charge is 0.315 e. The van der Waals surface area contributed by atoms with Gasteiger partial charge in [-0.3, -0.25) is 0 Å². The fourth-order valence-corrected chi connectivity index (χ4v) is 3.11. The summed E-state index contributed by atoms with van der Waals surface area (Å²) in [6, 6.07) is 0.0857. The molecule has 0 heterocycles. The van der Waals surface area contributed by atoms with E-state index in [1.165, 1.54) is 6.42 Å². The van der Waals surface area contributed by atoms with Crippen molar-refractivity contribution < 1.29 is 10.0 Å². The van der Waals surface area contributed by atoms with Crippen LogP contribution in [0.5, 0.6) is 0 Å². The van der Waals surface area contributed by atoms with Gasteiger partial charge in [-0.25, -0.2) is 4.79 Å². The Morgan fingerprint density at radius 1 is 1.35 bits per heavy atom. The summed E-state index contributed by atoms with van der Waals surface area (Å²) in [4.78, 5) is 12.1. The Kier molecular flexibility index (Phi) is 4.73. The molecule has 2 rings (SSSR count). The van der Waals surface area contributed by atoms with Gasteiger partial charge in [0.2, 0.25) is 0 Å². The molecule has 0 aromatic rings. The molecule has 2 amide bonds. The minimum atomic E-state index is -0.686. The molecule has 2 saturated carbocycles. The number of hydrogen-bond donors (Lipinski definition) is 4. The summed E-state index contributed by atoms with van der Waals surface area (Å²) in [5.41, 5.74) is 5.17. The van der Waals surface area contributed by atoms with Crippen molar-refractivity contribution in [1.82, 2.24) is 10.6 Å². The van der Waals surface area contributed by atoms with Crippen molar-refractivity contribution in [2.24, 2.45) is 16.8 Å². The predicted octanol–water partition coefficient (Wildman–Crippen LogP) is 1.92. The number of rotatable bonds is 4. The second-order valence-corrected chi connectivity index (χ2v) is 6.15. The topological polar surface area (TPSA) is 99.7 Å². The fraction of sp³-hybridized carbons (Fsp3) is 0.857. The first-order valence-electron chi connectivity index (χ1n) is 7.66. The molecule has 0 aliphatic heterocycles. The first-order chi connectivity index (χ1) is 9.59. The Morgan fingerprint density at radius 2 is 2.00 bits per heavy atom. The highest BCUT2D eigenvalue weighted by Gasteiger charge is 2.40. The van der Waals surface area contributed by atoms with Gasteiger partial charge in [0, 0.05) is 6.04 Å². The Balaban J connectivity index is 1.98. The lowest BCUT2D eigenvalue weighted by Crippen LogP contribution is -2.62. The van der Waals surface area contributed by atoms with Crippen LogP contribution < -0.4 is 16.4 Å². The number of hydrogen-bond acceptors (Lipinski definition) is 3. The number of nitrogens with zero attached hydrogens (tertiary/aromatic N) is 1. The van der Waals surface area contributed by atoms with E-state index in [1.807, 2.05) is 0 Å². The summed E-state index contributed by atoms with van der Waals surface area (Å²) in [7, 11) is 0. The summed E-state index contributed by atoms with van der Waals surface area (Å²) in [6.07, 6.45) is 7.87. The standard InChI is InChI=1S/C14H26N4O2/c1-2-10-6-8-14(9-7-10,12(15)18-20)17-13(19)16-11-4-3-5-11/h10-11,20H,2-9H2,1H3,(H2,15,18)(H2,16,17,19). The molecule has 0 spiro atoms. The third kappa shape index (κ3) is 3.16. The Labute approximate surface area is 120 Å². The molecule has 20 heavy (non-hydrogen) atoms. The van der Waals surface area contributed by atoms with Crippen LogP contribution in [0.2, 0.25) is 0 Å². The minimum Gasteiger partial charge on any atom is -0.409 e. The number of urea groups is 1. The molecule has 0 aromatic carbocycles. The van der Waals surface area contributed by atoms with Gasteiger partial charge in [-0.05, 0) is 50.9 Å². The van der Waals surface area contributed by atoms with Crippen molar-refractivity contribution in [3.8, 4) is 0 Å². The van der Waals surface area contributed by atoms with Crippen molar-refractivity contribution >= 4 is 11.9 Å².